The second kappa shape index (κ2) is 14.8. The van der Waals surface area contributed by atoms with Crippen LogP contribution in [0, 0.1) is 5.41 Å². The minimum atomic E-state index is -0.127. The molecule has 0 radical (unpaired) electrons. The lowest BCUT2D eigenvalue weighted by Gasteiger charge is -2.37. The molecule has 1 atom stereocenters. The predicted octanol–water partition coefficient (Wildman–Crippen LogP) is 10.3. The zero-order valence-electron chi connectivity index (χ0n) is 26.4. The van der Waals surface area contributed by atoms with Gasteiger partial charge in [0.15, 0.2) is 0 Å². The van der Waals surface area contributed by atoms with E-state index in [0.717, 1.165) is 29.7 Å². The third-order valence-corrected chi connectivity index (χ3v) is 7.38. The second-order valence-corrected chi connectivity index (χ2v) is 12.1. The third kappa shape index (κ3) is 9.62. The molecule has 3 nitrogen and oxygen atoms in total. The maximum absolute atomic E-state index is 12.2. The summed E-state index contributed by atoms with van der Waals surface area (Å²) >= 11 is 0. The number of hydrogen-bond donors (Lipinski definition) is 1. The average molecular weight is 539 g/mol. The Bertz CT molecular complexity index is 1260. The molecule has 1 amide bonds. The zero-order chi connectivity index (χ0) is 29.9. The largest absolute Gasteiger partial charge is 0.323 e. The molecule has 3 heteroatoms. The molecule has 1 N–H and O–H groups in total. The lowest BCUT2D eigenvalue weighted by molar-refractivity contribution is -0.111. The summed E-state index contributed by atoms with van der Waals surface area (Å²) < 4.78 is 0. The van der Waals surface area contributed by atoms with Crippen molar-refractivity contribution >= 4 is 11.6 Å². The molecule has 40 heavy (non-hydrogen) atoms. The van der Waals surface area contributed by atoms with E-state index in [4.69, 9.17) is 4.98 Å². The molecule has 0 bridgehead atoms. The number of para-hydroxylation sites is 1. The molecule has 0 spiro atoms. The molecule has 1 aliphatic carbocycles. The van der Waals surface area contributed by atoms with Crippen LogP contribution < -0.4 is 5.32 Å². The Kier molecular flexibility index (Phi) is 12.1. The molecule has 1 heterocycles. The number of amides is 1. The number of carbonyl (C=O) groups is 1. The van der Waals surface area contributed by atoms with Gasteiger partial charge in [0, 0.05) is 29.6 Å². The summed E-state index contributed by atoms with van der Waals surface area (Å²) in [5.41, 5.74) is 8.35. The molecular formula is C37H50N2O. The Labute approximate surface area is 243 Å². The third-order valence-electron chi connectivity index (χ3n) is 7.38. The van der Waals surface area contributed by atoms with E-state index in [-0.39, 0.29) is 16.7 Å². The first kappa shape index (κ1) is 32.8. The van der Waals surface area contributed by atoms with Crippen LogP contribution in [-0.4, -0.2) is 10.9 Å². The minimum absolute atomic E-state index is 0.111. The van der Waals surface area contributed by atoms with Gasteiger partial charge < -0.3 is 5.32 Å². The molecule has 1 unspecified atom stereocenters. The number of anilines is 1. The number of pyridine rings is 1. The van der Waals surface area contributed by atoms with Gasteiger partial charge in [-0.3, -0.25) is 9.78 Å². The quantitative estimate of drug-likeness (QED) is 0.281. The topological polar surface area (TPSA) is 42.0 Å². The highest BCUT2D eigenvalue weighted by molar-refractivity contribution is 5.99. The van der Waals surface area contributed by atoms with Crippen LogP contribution in [-0.2, 0) is 10.2 Å². The van der Waals surface area contributed by atoms with E-state index in [1.165, 1.54) is 22.4 Å². The van der Waals surface area contributed by atoms with E-state index in [1.807, 2.05) is 63.3 Å². The van der Waals surface area contributed by atoms with Crippen molar-refractivity contribution in [2.24, 2.45) is 5.41 Å². The standard InChI is InChI=1S/C35H44N2O.C2H6/c1-25(13-12-14-26(2)23-33(38)37-29-15-10-9-11-16-29)17-19-31-27(3)30(21-22-35(31,7)8)32-20-18-28(24-36-32)34(4,5)6;1-2/h9-20,23-24,30H,21-22H2,1-8H3,(H,37,38);1-2H3/b14-12+,19-17+,25-13+,26-23-;. The summed E-state index contributed by atoms with van der Waals surface area (Å²) in [6.07, 6.45) is 16.5. The van der Waals surface area contributed by atoms with Gasteiger partial charge in [-0.25, -0.2) is 0 Å². The Morgan fingerprint density at radius 3 is 2.27 bits per heavy atom. The fourth-order valence-electron chi connectivity index (χ4n) is 4.94. The number of aromatic nitrogens is 1. The van der Waals surface area contributed by atoms with Gasteiger partial charge in [-0.1, -0.05) is 114 Å². The normalized spacial score (nSPS) is 18.1. The van der Waals surface area contributed by atoms with Gasteiger partial charge >= 0.3 is 0 Å². The van der Waals surface area contributed by atoms with E-state index in [9.17, 15) is 4.79 Å². The Morgan fingerprint density at radius 2 is 1.68 bits per heavy atom. The Balaban J connectivity index is 0.00000274. The van der Waals surface area contributed by atoms with Crippen molar-refractivity contribution in [1.29, 1.82) is 0 Å². The summed E-state index contributed by atoms with van der Waals surface area (Å²) in [7, 11) is 0. The van der Waals surface area contributed by atoms with Crippen LogP contribution in [0.3, 0.4) is 0 Å². The van der Waals surface area contributed by atoms with E-state index >= 15 is 0 Å². The van der Waals surface area contributed by atoms with Crippen molar-refractivity contribution in [3.8, 4) is 0 Å². The number of benzene rings is 1. The molecule has 2 aromatic rings. The van der Waals surface area contributed by atoms with Gasteiger partial charge in [-0.2, -0.15) is 0 Å². The summed E-state index contributed by atoms with van der Waals surface area (Å²) in [6.45, 7) is 21.7. The highest BCUT2D eigenvalue weighted by Crippen LogP contribution is 2.46. The van der Waals surface area contributed by atoms with Crippen molar-refractivity contribution in [1.82, 2.24) is 4.98 Å². The van der Waals surface area contributed by atoms with Gasteiger partial charge in [-0.05, 0) is 79.4 Å². The summed E-state index contributed by atoms with van der Waals surface area (Å²) in [5, 5.41) is 2.88. The van der Waals surface area contributed by atoms with Gasteiger partial charge in [-0.15, -0.1) is 0 Å². The molecule has 1 aliphatic rings. The van der Waals surface area contributed by atoms with Crippen LogP contribution in [0.25, 0.3) is 0 Å². The number of nitrogens with zero attached hydrogens (tertiary/aromatic N) is 1. The van der Waals surface area contributed by atoms with Gasteiger partial charge in [0.05, 0.1) is 0 Å². The number of hydrogen-bond acceptors (Lipinski definition) is 2. The van der Waals surface area contributed by atoms with E-state index in [0.29, 0.717) is 5.92 Å². The molecule has 0 saturated heterocycles. The molecular weight excluding hydrogens is 488 g/mol. The van der Waals surface area contributed by atoms with Crippen LogP contribution in [0.2, 0.25) is 0 Å². The van der Waals surface area contributed by atoms with E-state index in [2.05, 4.69) is 90.3 Å². The summed E-state index contributed by atoms with van der Waals surface area (Å²) in [5.74, 6) is 0.230. The molecule has 214 valence electrons. The smallest absolute Gasteiger partial charge is 0.248 e. The fraction of sp³-hybridized carbons (Fsp3) is 0.405. The summed E-state index contributed by atoms with van der Waals surface area (Å²) in [4.78, 5) is 17.1. The van der Waals surface area contributed by atoms with Gasteiger partial charge in [0.2, 0.25) is 5.91 Å². The van der Waals surface area contributed by atoms with Crippen molar-refractivity contribution in [3.05, 3.63) is 119 Å². The van der Waals surface area contributed by atoms with Crippen LogP contribution in [0.1, 0.15) is 99.3 Å². The lowest BCUT2D eigenvalue weighted by Crippen LogP contribution is -2.24. The SMILES string of the molecule is CC.CC1=C(/C=C/C(C)=C/C=C/C(C)=C\C(=O)Nc2ccccc2)C(C)(C)CCC1c1ccc(C(C)(C)C)cn1. The minimum Gasteiger partial charge on any atom is -0.323 e. The molecule has 0 saturated carbocycles. The van der Waals surface area contributed by atoms with Crippen LogP contribution in [0.15, 0.2) is 107 Å². The maximum Gasteiger partial charge on any atom is 0.248 e. The van der Waals surface area contributed by atoms with Gasteiger partial charge in [0.1, 0.15) is 0 Å². The Morgan fingerprint density at radius 1 is 1.00 bits per heavy atom. The Hall–Kier alpha value is -3.46. The predicted molar refractivity (Wildman–Crippen MR) is 174 cm³/mol. The fourth-order valence-corrected chi connectivity index (χ4v) is 4.94. The molecule has 1 aromatic heterocycles. The van der Waals surface area contributed by atoms with Crippen LogP contribution in [0.4, 0.5) is 5.69 Å². The first-order valence-corrected chi connectivity index (χ1v) is 14.6. The van der Waals surface area contributed by atoms with Crippen molar-refractivity contribution in [3.63, 3.8) is 0 Å². The first-order valence-electron chi connectivity index (χ1n) is 14.6. The average Bonchev–Trinajstić information content (AvgIpc) is 2.89. The van der Waals surface area contributed by atoms with Crippen molar-refractivity contribution < 1.29 is 4.79 Å². The molecule has 3 rings (SSSR count). The monoisotopic (exact) mass is 538 g/mol. The molecule has 1 aromatic carbocycles. The molecule has 0 fully saturated rings. The number of rotatable bonds is 7. The van der Waals surface area contributed by atoms with Crippen LogP contribution >= 0.6 is 0 Å². The van der Waals surface area contributed by atoms with Crippen molar-refractivity contribution in [2.45, 2.75) is 93.4 Å². The summed E-state index contributed by atoms with van der Waals surface area (Å²) in [6, 6.07) is 14.0. The number of allylic oxidation sites excluding steroid dienone is 9. The second-order valence-electron chi connectivity index (χ2n) is 12.1. The van der Waals surface area contributed by atoms with Gasteiger partial charge in [0.25, 0.3) is 0 Å². The van der Waals surface area contributed by atoms with Crippen molar-refractivity contribution in [2.75, 3.05) is 5.32 Å². The lowest BCUT2D eigenvalue weighted by atomic mass is 9.68. The van der Waals surface area contributed by atoms with E-state index < -0.39 is 0 Å². The van der Waals surface area contributed by atoms with E-state index in [1.54, 1.807) is 6.08 Å². The zero-order valence-corrected chi connectivity index (χ0v) is 26.4. The van der Waals surface area contributed by atoms with Crippen LogP contribution in [0.5, 0.6) is 0 Å². The number of carbonyl (C=O) groups excluding carboxylic acids is 1. The highest BCUT2D eigenvalue weighted by atomic mass is 16.1. The molecule has 0 aliphatic heterocycles. The maximum atomic E-state index is 12.2. The first-order chi connectivity index (χ1) is 18.9. The highest BCUT2D eigenvalue weighted by Gasteiger charge is 2.33. The number of nitrogens with one attached hydrogen (secondary N) is 1.